The molecule has 0 spiro atoms. The molecule has 1 N–H and O–H groups in total. The third-order valence-corrected chi connectivity index (χ3v) is 4.16. The van der Waals surface area contributed by atoms with Crippen LogP contribution < -0.4 is 10.2 Å². The average molecular weight is 385 g/mol. The average Bonchev–Trinajstić information content (AvgIpc) is 3.23. The molecule has 1 atom stereocenters. The van der Waals surface area contributed by atoms with Crippen molar-refractivity contribution < 1.29 is 4.79 Å². The first-order valence-corrected chi connectivity index (χ1v) is 10.9. The van der Waals surface area contributed by atoms with Crippen LogP contribution >= 0.6 is 0 Å². The zero-order chi connectivity index (χ0) is 21.4. The van der Waals surface area contributed by atoms with Crippen LogP contribution in [0.1, 0.15) is 59.1 Å². The predicted octanol–water partition coefficient (Wildman–Crippen LogP) is 6.01. The Balaban J connectivity index is 0.00000111. The Hall–Kier alpha value is -2.29. The van der Waals surface area contributed by atoms with Gasteiger partial charge in [0.15, 0.2) is 0 Å². The lowest BCUT2D eigenvalue weighted by Crippen LogP contribution is -2.37. The van der Waals surface area contributed by atoms with Crippen molar-refractivity contribution in [1.29, 1.82) is 0 Å². The minimum Gasteiger partial charge on any atom is -0.369 e. The van der Waals surface area contributed by atoms with Crippen LogP contribution in [0.4, 0.5) is 5.69 Å². The predicted molar refractivity (Wildman–Crippen MR) is 124 cm³/mol. The van der Waals surface area contributed by atoms with E-state index in [4.69, 9.17) is 0 Å². The number of carbonyl (C=O) groups excluding carboxylic acids is 1. The smallest absolute Gasteiger partial charge is 0.224 e. The standard InChI is InChI=1S/C19H22N2O.3C2H6/c1-15-7-9-16(10-8-15)13-19(22)20-17-11-12-21(14-17)18-5-3-2-4-6-18;3*1-2/h2-10,17H,11-14H2,1H3,(H,20,22);3*1-2H3. The van der Waals surface area contributed by atoms with E-state index in [0.29, 0.717) is 6.42 Å². The van der Waals surface area contributed by atoms with Gasteiger partial charge in [-0.25, -0.2) is 0 Å². The van der Waals surface area contributed by atoms with E-state index in [0.717, 1.165) is 25.1 Å². The highest BCUT2D eigenvalue weighted by Gasteiger charge is 2.23. The van der Waals surface area contributed by atoms with Gasteiger partial charge in [-0.05, 0) is 31.0 Å². The topological polar surface area (TPSA) is 32.3 Å². The lowest BCUT2D eigenvalue weighted by molar-refractivity contribution is -0.121. The van der Waals surface area contributed by atoms with Crippen molar-refractivity contribution in [1.82, 2.24) is 5.32 Å². The lowest BCUT2D eigenvalue weighted by Gasteiger charge is -2.19. The molecule has 1 aliphatic rings. The van der Waals surface area contributed by atoms with Crippen LogP contribution in [0, 0.1) is 6.92 Å². The van der Waals surface area contributed by atoms with Crippen molar-refractivity contribution in [2.45, 2.75) is 67.3 Å². The second-order valence-electron chi connectivity index (χ2n) is 6.00. The lowest BCUT2D eigenvalue weighted by atomic mass is 10.1. The van der Waals surface area contributed by atoms with Gasteiger partial charge in [0.2, 0.25) is 5.91 Å². The maximum absolute atomic E-state index is 12.2. The third kappa shape index (κ3) is 9.07. The van der Waals surface area contributed by atoms with Gasteiger partial charge >= 0.3 is 0 Å². The molecular weight excluding hydrogens is 344 g/mol. The SMILES string of the molecule is CC.CC.CC.Cc1ccc(CC(=O)NC2CCN(c3ccccc3)C2)cc1. The number of para-hydroxylation sites is 1. The summed E-state index contributed by atoms with van der Waals surface area (Å²) in [6, 6.07) is 18.8. The van der Waals surface area contributed by atoms with Crippen LogP contribution in [0.15, 0.2) is 54.6 Å². The molecule has 3 rings (SSSR count). The first-order valence-electron chi connectivity index (χ1n) is 10.9. The molecule has 0 aliphatic carbocycles. The van der Waals surface area contributed by atoms with E-state index in [2.05, 4.69) is 53.5 Å². The molecular formula is C25H40N2O. The van der Waals surface area contributed by atoms with Crippen molar-refractivity contribution in [2.75, 3.05) is 18.0 Å². The fourth-order valence-corrected chi connectivity index (χ4v) is 2.92. The van der Waals surface area contributed by atoms with Gasteiger partial charge in [-0.3, -0.25) is 4.79 Å². The van der Waals surface area contributed by atoms with E-state index in [-0.39, 0.29) is 11.9 Å². The van der Waals surface area contributed by atoms with Crippen LogP contribution in [-0.4, -0.2) is 25.0 Å². The molecule has 2 aromatic carbocycles. The molecule has 0 radical (unpaired) electrons. The van der Waals surface area contributed by atoms with Gasteiger partial charge in [-0.1, -0.05) is 89.6 Å². The van der Waals surface area contributed by atoms with E-state index in [9.17, 15) is 4.79 Å². The molecule has 3 nitrogen and oxygen atoms in total. The van der Waals surface area contributed by atoms with Gasteiger partial charge in [-0.2, -0.15) is 0 Å². The Bertz CT molecular complexity index is 623. The number of nitrogens with one attached hydrogen (secondary N) is 1. The van der Waals surface area contributed by atoms with Gasteiger partial charge < -0.3 is 10.2 Å². The van der Waals surface area contributed by atoms with Gasteiger partial charge in [-0.15, -0.1) is 0 Å². The molecule has 0 saturated carbocycles. The van der Waals surface area contributed by atoms with Crippen LogP contribution in [0.5, 0.6) is 0 Å². The maximum atomic E-state index is 12.2. The van der Waals surface area contributed by atoms with Crippen molar-refractivity contribution in [3.8, 4) is 0 Å². The van der Waals surface area contributed by atoms with Crippen LogP contribution in [0.25, 0.3) is 0 Å². The Labute approximate surface area is 173 Å². The summed E-state index contributed by atoms with van der Waals surface area (Å²) in [7, 11) is 0. The number of anilines is 1. The molecule has 0 bridgehead atoms. The van der Waals surface area contributed by atoms with Gasteiger partial charge in [0.1, 0.15) is 0 Å². The van der Waals surface area contributed by atoms with Gasteiger partial charge in [0, 0.05) is 24.8 Å². The highest BCUT2D eigenvalue weighted by molar-refractivity contribution is 5.79. The number of benzene rings is 2. The molecule has 1 saturated heterocycles. The third-order valence-electron chi connectivity index (χ3n) is 4.16. The highest BCUT2D eigenvalue weighted by Crippen LogP contribution is 2.19. The number of carbonyl (C=O) groups is 1. The van der Waals surface area contributed by atoms with E-state index in [1.165, 1.54) is 11.3 Å². The molecule has 28 heavy (non-hydrogen) atoms. The van der Waals surface area contributed by atoms with Crippen molar-refractivity contribution in [3.05, 3.63) is 65.7 Å². The number of aryl methyl sites for hydroxylation is 1. The van der Waals surface area contributed by atoms with Crippen molar-refractivity contribution in [2.24, 2.45) is 0 Å². The molecule has 1 fully saturated rings. The van der Waals surface area contributed by atoms with Gasteiger partial charge in [0.25, 0.3) is 0 Å². The fraction of sp³-hybridized carbons (Fsp3) is 0.480. The number of amides is 1. The quantitative estimate of drug-likeness (QED) is 0.700. The Morgan fingerprint density at radius 3 is 2.07 bits per heavy atom. The Kier molecular flexibility index (Phi) is 14.5. The zero-order valence-corrected chi connectivity index (χ0v) is 19.0. The molecule has 2 aromatic rings. The van der Waals surface area contributed by atoms with E-state index in [1.807, 2.05) is 59.7 Å². The summed E-state index contributed by atoms with van der Waals surface area (Å²) >= 11 is 0. The summed E-state index contributed by atoms with van der Waals surface area (Å²) < 4.78 is 0. The number of hydrogen-bond donors (Lipinski definition) is 1. The van der Waals surface area contributed by atoms with Crippen LogP contribution in [-0.2, 0) is 11.2 Å². The first-order chi connectivity index (χ1) is 13.7. The fourth-order valence-electron chi connectivity index (χ4n) is 2.92. The Morgan fingerprint density at radius 2 is 1.50 bits per heavy atom. The molecule has 0 aromatic heterocycles. The molecule has 1 unspecified atom stereocenters. The summed E-state index contributed by atoms with van der Waals surface area (Å²) in [6.07, 6.45) is 1.47. The Morgan fingerprint density at radius 1 is 0.929 bits per heavy atom. The van der Waals surface area contributed by atoms with E-state index < -0.39 is 0 Å². The van der Waals surface area contributed by atoms with Crippen LogP contribution in [0.2, 0.25) is 0 Å². The monoisotopic (exact) mass is 384 g/mol. The number of hydrogen-bond acceptors (Lipinski definition) is 2. The summed E-state index contributed by atoms with van der Waals surface area (Å²) in [5.74, 6) is 0.115. The molecule has 3 heteroatoms. The maximum Gasteiger partial charge on any atom is 0.224 e. The zero-order valence-electron chi connectivity index (χ0n) is 19.0. The minimum atomic E-state index is 0.115. The summed E-state index contributed by atoms with van der Waals surface area (Å²) in [6.45, 7) is 15.9. The van der Waals surface area contributed by atoms with E-state index >= 15 is 0 Å². The molecule has 1 heterocycles. The van der Waals surface area contributed by atoms with Crippen molar-refractivity contribution >= 4 is 11.6 Å². The molecule has 1 amide bonds. The summed E-state index contributed by atoms with van der Waals surface area (Å²) in [5.41, 5.74) is 3.53. The normalized spacial score (nSPS) is 14.4. The van der Waals surface area contributed by atoms with Crippen LogP contribution in [0.3, 0.4) is 0 Å². The summed E-state index contributed by atoms with van der Waals surface area (Å²) in [5, 5.41) is 3.16. The largest absolute Gasteiger partial charge is 0.369 e. The number of rotatable bonds is 4. The van der Waals surface area contributed by atoms with Crippen molar-refractivity contribution in [3.63, 3.8) is 0 Å². The van der Waals surface area contributed by atoms with E-state index in [1.54, 1.807) is 0 Å². The second kappa shape index (κ2) is 15.7. The molecule has 1 aliphatic heterocycles. The minimum absolute atomic E-state index is 0.115. The second-order valence-corrected chi connectivity index (χ2v) is 6.00. The molecule has 156 valence electrons. The first kappa shape index (κ1) is 25.7. The van der Waals surface area contributed by atoms with Gasteiger partial charge in [0.05, 0.1) is 6.42 Å². The number of nitrogens with zero attached hydrogens (tertiary/aromatic N) is 1. The summed E-state index contributed by atoms with van der Waals surface area (Å²) in [4.78, 5) is 14.5. The highest BCUT2D eigenvalue weighted by atomic mass is 16.1.